The number of aliphatic hydroxyl groups excluding tert-OH is 1. The number of rotatable bonds is 16. The molecule has 7 rings (SSSR count). The van der Waals surface area contributed by atoms with Crippen molar-refractivity contribution < 1.29 is 71.8 Å². The van der Waals surface area contributed by atoms with Crippen LogP contribution in [0, 0.1) is 16.7 Å². The second-order valence-corrected chi connectivity index (χ2v) is 28.1. The molecule has 406 valence electrons. The van der Waals surface area contributed by atoms with Gasteiger partial charge in [0, 0.05) is 37.0 Å². The second kappa shape index (κ2) is 21.6. The fourth-order valence-corrected chi connectivity index (χ4v) is 16.3. The molecular weight excluding hydrogens is 999 g/mol. The Morgan fingerprint density at radius 2 is 1.41 bits per heavy atom. The Bertz CT molecular complexity index is 2650. The summed E-state index contributed by atoms with van der Waals surface area (Å²) in [5.74, 6) is -5.95. The predicted octanol–water partition coefficient (Wildman–Crippen LogP) is 8.98. The Balaban J connectivity index is 1.49. The van der Waals surface area contributed by atoms with Crippen molar-refractivity contribution in [3.63, 3.8) is 0 Å². The summed E-state index contributed by atoms with van der Waals surface area (Å²) in [5, 5.41) is 30.1. The number of nitrogens with one attached hydrogen (secondary N) is 1. The van der Waals surface area contributed by atoms with Gasteiger partial charge in [0.15, 0.2) is 19.7 Å². The van der Waals surface area contributed by atoms with Gasteiger partial charge in [-0.05, 0) is 93.7 Å². The van der Waals surface area contributed by atoms with E-state index in [2.05, 4.69) is 5.32 Å². The van der Waals surface area contributed by atoms with Crippen LogP contribution in [-0.2, 0) is 52.0 Å². The first-order valence-corrected chi connectivity index (χ1v) is 29.1. The SMILES string of the molecule is CC[Si](CC)(CC)O[C@H]1C[C@H]2OC[C@@]2(OC(C)=O)C2C(OC(=O)c3ccccc3)[C@]3(O)C[C@H](OC(=O)[C@](OC(C)=O)(Sc4ccccc4)[C@@H](NC(=O)OC(C)(C)C)c4ccccc4)C(C)=C([C@@H](O)C(=O)[C@@]21C)C3(C)C. The molecule has 2 saturated carbocycles. The number of esters is 4. The third-order valence-corrected chi connectivity index (χ3v) is 22.2. The van der Waals surface area contributed by atoms with Crippen molar-refractivity contribution >= 4 is 55.8 Å². The Hall–Kier alpha value is -5.37. The minimum absolute atomic E-state index is 0.0166. The quantitative estimate of drug-likeness (QED) is 0.0304. The summed E-state index contributed by atoms with van der Waals surface area (Å²) >= 11 is 0.786. The maximum absolute atomic E-state index is 16.1. The van der Waals surface area contributed by atoms with Gasteiger partial charge in [-0.2, -0.15) is 0 Å². The fraction of sp³-hybridized carbons (Fsp3) is 0.544. The van der Waals surface area contributed by atoms with Gasteiger partial charge in [-0.1, -0.05) is 113 Å². The van der Waals surface area contributed by atoms with Crippen LogP contribution in [0.2, 0.25) is 18.1 Å². The summed E-state index contributed by atoms with van der Waals surface area (Å²) in [5.41, 5.74) is -8.08. The summed E-state index contributed by atoms with van der Waals surface area (Å²) in [6, 6.07) is 25.5. The monoisotopic (exact) mass is 1070 g/mol. The van der Waals surface area contributed by atoms with E-state index in [1.807, 2.05) is 20.8 Å². The molecule has 3 aromatic rings. The van der Waals surface area contributed by atoms with Gasteiger partial charge in [-0.15, -0.1) is 0 Å². The zero-order valence-corrected chi connectivity index (χ0v) is 46.9. The standard InChI is InChI=1S/C57H73NO15SSi/c1-13-75(14-2,15-3)73-41-31-42-55(33-67-42,70-35(5)59)45-48(69-49(63)38-27-21-17-22-28-38)56(66)32-40(34(4)43(53(56,10)11)44(61)47(62)54(41,45)12)68-50(64)57(71-36(6)60,74-39-29-23-18-24-30-39)46(37-25-19-16-20-26-37)58-51(65)72-52(7,8)9/h16-30,40-42,44-46,48,61,66H,13-15,31-33H2,1-12H3,(H,58,65)/t40-,41-,42+,44+,45?,46-,48?,54+,55-,56+,57+/m0/s1. The Morgan fingerprint density at radius 1 is 0.840 bits per heavy atom. The van der Waals surface area contributed by atoms with Gasteiger partial charge in [0.05, 0.1) is 29.6 Å². The van der Waals surface area contributed by atoms with Crippen LogP contribution in [0.5, 0.6) is 0 Å². The van der Waals surface area contributed by atoms with Crippen molar-refractivity contribution in [1.29, 1.82) is 0 Å². The lowest BCUT2D eigenvalue weighted by molar-refractivity contribution is -0.344. The lowest BCUT2D eigenvalue weighted by Gasteiger charge is -2.68. The molecule has 3 fully saturated rings. The van der Waals surface area contributed by atoms with Crippen LogP contribution in [-0.4, -0.2) is 113 Å². The van der Waals surface area contributed by atoms with Gasteiger partial charge in [0.1, 0.15) is 41.7 Å². The number of amides is 1. The topological polar surface area (TPSA) is 220 Å². The van der Waals surface area contributed by atoms with Crippen molar-refractivity contribution in [2.24, 2.45) is 16.7 Å². The smallest absolute Gasteiger partial charge is 0.408 e. The zero-order valence-electron chi connectivity index (χ0n) is 45.1. The van der Waals surface area contributed by atoms with E-state index in [9.17, 15) is 29.4 Å². The molecule has 75 heavy (non-hydrogen) atoms. The first kappa shape index (κ1) is 57.3. The Morgan fingerprint density at radius 3 is 1.93 bits per heavy atom. The average Bonchev–Trinajstić information content (AvgIpc) is 3.35. The summed E-state index contributed by atoms with van der Waals surface area (Å²) in [4.78, 5) is 85.8. The number of carbonyl (C=O) groups excluding carboxylic acids is 6. The van der Waals surface area contributed by atoms with E-state index in [1.54, 1.807) is 127 Å². The van der Waals surface area contributed by atoms with E-state index >= 15 is 9.59 Å². The van der Waals surface area contributed by atoms with Crippen molar-refractivity contribution in [3.05, 3.63) is 113 Å². The molecule has 3 aromatic carbocycles. The van der Waals surface area contributed by atoms with Crippen LogP contribution in [0.3, 0.4) is 0 Å². The number of benzene rings is 3. The van der Waals surface area contributed by atoms with Crippen molar-refractivity contribution in [3.8, 4) is 0 Å². The highest BCUT2D eigenvalue weighted by Gasteiger charge is 2.78. The van der Waals surface area contributed by atoms with E-state index in [0.29, 0.717) is 28.6 Å². The van der Waals surface area contributed by atoms with Crippen LogP contribution < -0.4 is 5.32 Å². The summed E-state index contributed by atoms with van der Waals surface area (Å²) in [7, 11) is -2.64. The van der Waals surface area contributed by atoms with E-state index in [4.69, 9.17) is 32.8 Å². The number of ketones is 1. The normalized spacial score (nSPS) is 29.3. The lowest BCUT2D eigenvalue weighted by Crippen LogP contribution is -2.82. The van der Waals surface area contributed by atoms with Crippen LogP contribution in [0.25, 0.3) is 0 Å². The summed E-state index contributed by atoms with van der Waals surface area (Å²) in [6.45, 7) is 19.6. The number of Topliss-reactive ketones (excluding diaryl/α,β-unsaturated/α-hetero) is 1. The maximum Gasteiger partial charge on any atom is 0.408 e. The minimum Gasteiger partial charge on any atom is -0.455 e. The molecule has 3 aliphatic carbocycles. The summed E-state index contributed by atoms with van der Waals surface area (Å²) in [6.07, 6.45) is -8.68. The van der Waals surface area contributed by atoms with Gasteiger partial charge in [-0.25, -0.2) is 14.4 Å². The van der Waals surface area contributed by atoms with Crippen molar-refractivity contribution in [2.45, 2.75) is 177 Å². The number of carbonyl (C=O) groups is 6. The number of alkyl carbamates (subject to hydrolysis) is 1. The van der Waals surface area contributed by atoms with Crippen LogP contribution >= 0.6 is 11.8 Å². The minimum atomic E-state index is -2.64. The highest BCUT2D eigenvalue weighted by atomic mass is 32.2. The van der Waals surface area contributed by atoms with Gasteiger partial charge < -0.3 is 48.4 Å². The molecule has 4 aliphatic rings. The lowest BCUT2D eigenvalue weighted by atomic mass is 9.44. The highest BCUT2D eigenvalue weighted by Crippen LogP contribution is 2.65. The van der Waals surface area contributed by atoms with E-state index in [0.717, 1.165) is 18.7 Å². The predicted molar refractivity (Wildman–Crippen MR) is 280 cm³/mol. The highest BCUT2D eigenvalue weighted by molar-refractivity contribution is 8.01. The third kappa shape index (κ3) is 10.5. The first-order valence-electron chi connectivity index (χ1n) is 25.8. The number of hydrogen-bond donors (Lipinski definition) is 3. The molecule has 0 spiro atoms. The number of hydrogen-bond acceptors (Lipinski definition) is 16. The molecule has 18 heteroatoms. The molecule has 3 N–H and O–H groups in total. The molecular formula is C57H73NO15SSi. The molecule has 1 heterocycles. The van der Waals surface area contributed by atoms with Gasteiger partial charge in [-0.3, -0.25) is 14.4 Å². The Kier molecular flexibility index (Phi) is 16.5. The largest absolute Gasteiger partial charge is 0.455 e. The number of ether oxygens (including phenoxy) is 6. The van der Waals surface area contributed by atoms with Crippen LogP contribution in [0.15, 0.2) is 107 Å². The number of aliphatic hydroxyl groups is 2. The average molecular weight is 1070 g/mol. The molecule has 11 atom stereocenters. The van der Waals surface area contributed by atoms with Gasteiger partial charge in [0.2, 0.25) is 0 Å². The number of fused-ring (bicyclic) bond motifs is 5. The maximum atomic E-state index is 16.1. The van der Waals surface area contributed by atoms with E-state index in [1.165, 1.54) is 19.1 Å². The second-order valence-electron chi connectivity index (χ2n) is 22.1. The van der Waals surface area contributed by atoms with Crippen LogP contribution in [0.4, 0.5) is 4.79 Å². The Labute approximate surface area is 445 Å². The first-order chi connectivity index (χ1) is 35.2. The number of thioether (sulfide) groups is 1. The zero-order chi connectivity index (χ0) is 55.1. The molecule has 16 nitrogen and oxygen atoms in total. The molecule has 1 amide bonds. The molecule has 1 saturated heterocycles. The van der Waals surface area contributed by atoms with Crippen molar-refractivity contribution in [1.82, 2.24) is 5.32 Å². The van der Waals surface area contributed by atoms with E-state index in [-0.39, 0.29) is 29.7 Å². The van der Waals surface area contributed by atoms with Gasteiger partial charge in [0.25, 0.3) is 4.93 Å². The van der Waals surface area contributed by atoms with Gasteiger partial charge >= 0.3 is 30.0 Å². The molecule has 2 bridgehead atoms. The fourth-order valence-electron chi connectivity index (χ4n) is 12.1. The van der Waals surface area contributed by atoms with E-state index < -0.39 is 126 Å². The molecule has 0 radical (unpaired) electrons. The molecule has 0 aromatic heterocycles. The van der Waals surface area contributed by atoms with Crippen molar-refractivity contribution in [2.75, 3.05) is 6.61 Å². The summed E-state index contributed by atoms with van der Waals surface area (Å²) < 4.78 is 45.2. The third-order valence-electron chi connectivity index (χ3n) is 16.2. The van der Waals surface area contributed by atoms with Crippen LogP contribution in [0.1, 0.15) is 118 Å². The molecule has 2 unspecified atom stereocenters. The molecule has 1 aliphatic heterocycles.